The highest BCUT2D eigenvalue weighted by Crippen LogP contribution is 2.26. The number of nitrogens with one attached hydrogen (secondary N) is 1. The van der Waals surface area contributed by atoms with Crippen LogP contribution in [0.2, 0.25) is 0 Å². The van der Waals surface area contributed by atoms with Gasteiger partial charge in [0.15, 0.2) is 0 Å². The molecule has 0 spiro atoms. The van der Waals surface area contributed by atoms with E-state index in [1.165, 1.54) is 0 Å². The van der Waals surface area contributed by atoms with Gasteiger partial charge >= 0.3 is 0 Å². The van der Waals surface area contributed by atoms with E-state index < -0.39 is 5.60 Å². The largest absolute Gasteiger partial charge is 0.388 e. The predicted molar refractivity (Wildman–Crippen MR) is 60.7 cm³/mol. The zero-order chi connectivity index (χ0) is 9.86. The predicted octanol–water partition coefficient (Wildman–Crippen LogP) is 1.10. The number of aliphatic hydroxyl groups is 1. The average molecular weight is 230 g/mol. The van der Waals surface area contributed by atoms with E-state index in [1.54, 1.807) is 11.3 Å². The molecule has 2 heterocycles. The summed E-state index contributed by atoms with van der Waals surface area (Å²) in [5.74, 6) is 1.94. The maximum absolute atomic E-state index is 10.0. The Kier molecular flexibility index (Phi) is 3.43. The third-order valence-electron chi connectivity index (χ3n) is 2.33. The molecule has 5 heteroatoms. The van der Waals surface area contributed by atoms with Gasteiger partial charge in [-0.1, -0.05) is 0 Å². The van der Waals surface area contributed by atoms with Gasteiger partial charge in [-0.25, -0.2) is 4.98 Å². The van der Waals surface area contributed by atoms with Crippen molar-refractivity contribution in [2.45, 2.75) is 18.6 Å². The van der Waals surface area contributed by atoms with Gasteiger partial charge in [-0.15, -0.1) is 11.3 Å². The molecule has 0 amide bonds. The first-order valence-electron chi connectivity index (χ1n) is 4.66. The van der Waals surface area contributed by atoms with Crippen LogP contribution in [0.3, 0.4) is 0 Å². The second kappa shape index (κ2) is 4.61. The summed E-state index contributed by atoms with van der Waals surface area (Å²) in [6, 6.07) is 0. The molecule has 1 aliphatic heterocycles. The van der Waals surface area contributed by atoms with Crippen molar-refractivity contribution in [3.8, 4) is 0 Å². The Labute approximate surface area is 91.9 Å². The van der Waals surface area contributed by atoms with E-state index in [4.69, 9.17) is 0 Å². The van der Waals surface area contributed by atoms with Crippen molar-refractivity contribution in [1.29, 1.82) is 0 Å². The smallest absolute Gasteiger partial charge is 0.0869 e. The molecule has 1 atom stereocenters. The van der Waals surface area contributed by atoms with Crippen LogP contribution in [0.25, 0.3) is 0 Å². The Hall–Kier alpha value is -0.100. The number of aromatic nitrogens is 1. The first kappa shape index (κ1) is 10.4. The molecule has 2 N–H and O–H groups in total. The van der Waals surface area contributed by atoms with Crippen molar-refractivity contribution in [3.63, 3.8) is 0 Å². The first-order chi connectivity index (χ1) is 6.79. The van der Waals surface area contributed by atoms with Crippen LogP contribution in [0.5, 0.6) is 0 Å². The van der Waals surface area contributed by atoms with Gasteiger partial charge in [0.2, 0.25) is 0 Å². The van der Waals surface area contributed by atoms with Crippen LogP contribution in [0.15, 0.2) is 10.9 Å². The lowest BCUT2D eigenvalue weighted by atomic mass is 10.0. The zero-order valence-electron chi connectivity index (χ0n) is 7.90. The summed E-state index contributed by atoms with van der Waals surface area (Å²) in [4.78, 5) is 4.17. The second-order valence-electron chi connectivity index (χ2n) is 3.61. The number of hydrogen-bond donors (Lipinski definition) is 2. The third kappa shape index (κ3) is 2.70. The Morgan fingerprint density at radius 1 is 1.64 bits per heavy atom. The van der Waals surface area contributed by atoms with E-state index in [2.05, 4.69) is 10.3 Å². The molecule has 0 bridgehead atoms. The number of thiazole rings is 1. The van der Waals surface area contributed by atoms with Gasteiger partial charge in [-0.2, -0.15) is 11.8 Å². The first-order valence-corrected chi connectivity index (χ1v) is 6.76. The lowest BCUT2D eigenvalue weighted by molar-refractivity contribution is 0.0674. The van der Waals surface area contributed by atoms with E-state index in [-0.39, 0.29) is 0 Å². The van der Waals surface area contributed by atoms with Crippen molar-refractivity contribution in [3.05, 3.63) is 16.6 Å². The zero-order valence-corrected chi connectivity index (χ0v) is 9.53. The van der Waals surface area contributed by atoms with Gasteiger partial charge in [0.05, 0.1) is 16.8 Å². The quantitative estimate of drug-likeness (QED) is 0.813. The van der Waals surface area contributed by atoms with Gasteiger partial charge in [0.1, 0.15) is 0 Å². The highest BCUT2D eigenvalue weighted by atomic mass is 32.2. The molecule has 0 aromatic carbocycles. The van der Waals surface area contributed by atoms with Gasteiger partial charge in [-0.05, 0) is 12.2 Å². The Morgan fingerprint density at radius 2 is 2.57 bits per heavy atom. The molecule has 3 nitrogen and oxygen atoms in total. The molecule has 1 aliphatic rings. The van der Waals surface area contributed by atoms with E-state index in [9.17, 15) is 5.11 Å². The molecule has 14 heavy (non-hydrogen) atoms. The molecule has 0 radical (unpaired) electrons. The monoisotopic (exact) mass is 230 g/mol. The number of rotatable bonds is 4. The minimum absolute atomic E-state index is 0.485. The van der Waals surface area contributed by atoms with Crippen molar-refractivity contribution in [1.82, 2.24) is 10.3 Å². The summed E-state index contributed by atoms with van der Waals surface area (Å²) < 4.78 is 0. The molecule has 1 aromatic rings. The van der Waals surface area contributed by atoms with Gasteiger partial charge in [0, 0.05) is 24.2 Å². The van der Waals surface area contributed by atoms with Crippen molar-refractivity contribution < 1.29 is 5.11 Å². The minimum Gasteiger partial charge on any atom is -0.388 e. The maximum Gasteiger partial charge on any atom is 0.0869 e. The third-order valence-corrected chi connectivity index (χ3v) is 4.20. The van der Waals surface area contributed by atoms with Crippen molar-refractivity contribution >= 4 is 23.1 Å². The Morgan fingerprint density at radius 3 is 3.21 bits per heavy atom. The van der Waals surface area contributed by atoms with E-state index in [0.717, 1.165) is 30.2 Å². The van der Waals surface area contributed by atoms with Crippen LogP contribution in [0, 0.1) is 0 Å². The number of hydrogen-bond acceptors (Lipinski definition) is 5. The molecular formula is C9H14N2OS2. The molecular weight excluding hydrogens is 216 g/mol. The molecule has 1 unspecified atom stereocenters. The fraction of sp³-hybridized carbons (Fsp3) is 0.667. The van der Waals surface area contributed by atoms with Crippen molar-refractivity contribution in [2.75, 3.05) is 18.1 Å². The topological polar surface area (TPSA) is 45.1 Å². The number of thioether (sulfide) groups is 1. The molecule has 1 aromatic heterocycles. The summed E-state index contributed by atoms with van der Waals surface area (Å²) in [5, 5.41) is 15.3. The van der Waals surface area contributed by atoms with Crippen LogP contribution < -0.4 is 5.32 Å². The van der Waals surface area contributed by atoms with Crippen LogP contribution in [-0.2, 0) is 6.54 Å². The summed E-state index contributed by atoms with van der Waals surface area (Å²) in [5.41, 5.74) is 2.40. The molecule has 78 valence electrons. The SMILES string of the molecule is OC1(CNCc2cscn2)CCSC1. The molecule has 0 saturated carbocycles. The summed E-state index contributed by atoms with van der Waals surface area (Å²) in [6.45, 7) is 1.44. The highest BCUT2D eigenvalue weighted by Gasteiger charge is 2.30. The van der Waals surface area contributed by atoms with Crippen LogP contribution in [-0.4, -0.2) is 33.7 Å². The summed E-state index contributed by atoms with van der Waals surface area (Å²) >= 11 is 3.43. The molecule has 0 aliphatic carbocycles. The lowest BCUT2D eigenvalue weighted by Crippen LogP contribution is -2.40. The Bertz CT molecular complexity index is 270. The molecule has 1 fully saturated rings. The second-order valence-corrected chi connectivity index (χ2v) is 5.43. The fourth-order valence-corrected chi connectivity index (χ4v) is 3.34. The van der Waals surface area contributed by atoms with Crippen LogP contribution in [0.4, 0.5) is 0 Å². The van der Waals surface area contributed by atoms with E-state index >= 15 is 0 Å². The lowest BCUT2D eigenvalue weighted by Gasteiger charge is -2.21. The summed E-state index contributed by atoms with van der Waals surface area (Å²) in [7, 11) is 0. The average Bonchev–Trinajstić information content (AvgIpc) is 2.77. The maximum atomic E-state index is 10.0. The van der Waals surface area contributed by atoms with E-state index in [1.807, 2.05) is 22.7 Å². The van der Waals surface area contributed by atoms with Crippen LogP contribution >= 0.6 is 23.1 Å². The van der Waals surface area contributed by atoms with Gasteiger partial charge < -0.3 is 10.4 Å². The normalized spacial score (nSPS) is 26.9. The minimum atomic E-state index is -0.485. The highest BCUT2D eigenvalue weighted by molar-refractivity contribution is 7.99. The van der Waals surface area contributed by atoms with Crippen LogP contribution in [0.1, 0.15) is 12.1 Å². The van der Waals surface area contributed by atoms with E-state index in [0.29, 0.717) is 6.54 Å². The van der Waals surface area contributed by atoms with Gasteiger partial charge in [-0.3, -0.25) is 0 Å². The molecule has 2 rings (SSSR count). The van der Waals surface area contributed by atoms with Gasteiger partial charge in [0.25, 0.3) is 0 Å². The Balaban J connectivity index is 1.72. The standard InChI is InChI=1S/C9H14N2OS2/c12-9(1-2-13-6-9)5-10-3-8-4-14-7-11-8/h4,7,10,12H,1-3,5-6H2. The number of nitrogens with zero attached hydrogens (tertiary/aromatic N) is 1. The van der Waals surface area contributed by atoms with Crippen molar-refractivity contribution in [2.24, 2.45) is 0 Å². The fourth-order valence-electron chi connectivity index (χ4n) is 1.48. The summed E-state index contributed by atoms with van der Waals surface area (Å²) in [6.07, 6.45) is 0.904. The molecule has 1 saturated heterocycles.